The Kier molecular flexibility index (Phi) is 7.61. The Hall–Kier alpha value is -1.70. The molecular weight excluding hydrogens is 256 g/mol. The molecule has 0 unspecified atom stereocenters. The maximum absolute atomic E-state index is 11.2. The Morgan fingerprint density at radius 1 is 1.17 bits per heavy atom. The summed E-state index contributed by atoms with van der Waals surface area (Å²) < 4.78 is 0. The van der Waals surface area contributed by atoms with Crippen LogP contribution in [0.4, 0.5) is 0 Å². The highest BCUT2D eigenvalue weighted by atomic mass is 32.1. The lowest BCUT2D eigenvalue weighted by Gasteiger charge is -2.08. The molecule has 0 radical (unpaired) electrons. The van der Waals surface area contributed by atoms with Gasteiger partial charge in [0.25, 0.3) is 0 Å². The minimum Gasteiger partial charge on any atom is -0.392 e. The Morgan fingerprint density at radius 2 is 1.72 bits per heavy atom. The molecule has 0 aliphatic rings. The quantitative estimate of drug-likeness (QED) is 0.345. The van der Waals surface area contributed by atoms with Crippen molar-refractivity contribution in [2.45, 2.75) is 26.3 Å². The first-order valence-electron chi connectivity index (χ1n) is 5.46. The number of thiocarbonyl (C=S) groups is 1. The van der Waals surface area contributed by atoms with E-state index in [1.165, 1.54) is 0 Å². The summed E-state index contributed by atoms with van der Waals surface area (Å²) in [6.07, 6.45) is 0.118. The second-order valence-corrected chi connectivity index (χ2v) is 4.40. The van der Waals surface area contributed by atoms with E-state index in [1.54, 1.807) is 0 Å². The van der Waals surface area contributed by atoms with Gasteiger partial charge in [-0.05, 0) is 13.8 Å². The summed E-state index contributed by atoms with van der Waals surface area (Å²) in [5.41, 5.74) is 5.16. The van der Waals surface area contributed by atoms with E-state index in [0.29, 0.717) is 0 Å². The molecule has 0 aliphatic carbocycles. The van der Waals surface area contributed by atoms with Crippen molar-refractivity contribution in [3.05, 3.63) is 0 Å². The lowest BCUT2D eigenvalue weighted by molar-refractivity contribution is -0.139. The van der Waals surface area contributed by atoms with Gasteiger partial charge in [0.15, 0.2) is 0 Å². The molecule has 0 spiro atoms. The average molecular weight is 274 g/mol. The lowest BCUT2D eigenvalue weighted by atomic mass is 10.3. The molecule has 5 N–H and O–H groups in total. The smallest absolute Gasteiger partial charge is 0.309 e. The number of nitrogens with one attached hydrogen (secondary N) is 3. The van der Waals surface area contributed by atoms with Crippen LogP contribution in [0.25, 0.3) is 0 Å². The largest absolute Gasteiger partial charge is 0.392 e. The number of hydrogen-bond donors (Lipinski definition) is 4. The summed E-state index contributed by atoms with van der Waals surface area (Å²) >= 11 is 4.54. The van der Waals surface area contributed by atoms with Crippen LogP contribution in [0.5, 0.6) is 0 Å². The van der Waals surface area contributed by atoms with Crippen LogP contribution < -0.4 is 21.7 Å². The van der Waals surface area contributed by atoms with Gasteiger partial charge in [0.1, 0.15) is 0 Å². The maximum Gasteiger partial charge on any atom is 0.309 e. The Bertz CT molecular complexity index is 344. The van der Waals surface area contributed by atoms with Gasteiger partial charge in [0.2, 0.25) is 5.91 Å². The standard InChI is InChI=1S/C10H18N4O3S/c1-6(2)14-8(15)3-4-12-9(16)10(17)13-5-7(11)18/h6H,3-5H2,1-2H3,(H2,11,18)(H,12,16)(H,13,17)(H,14,15). The average Bonchev–Trinajstić information content (AvgIpc) is 2.24. The third-order valence-corrected chi connectivity index (χ3v) is 1.86. The highest BCUT2D eigenvalue weighted by Crippen LogP contribution is 1.82. The Morgan fingerprint density at radius 3 is 2.22 bits per heavy atom. The third-order valence-electron chi connectivity index (χ3n) is 1.72. The van der Waals surface area contributed by atoms with E-state index >= 15 is 0 Å². The number of nitrogens with two attached hydrogens (primary N) is 1. The normalized spacial score (nSPS) is 9.72. The van der Waals surface area contributed by atoms with Crippen LogP contribution in [-0.2, 0) is 14.4 Å². The number of carbonyl (C=O) groups excluding carboxylic acids is 3. The topological polar surface area (TPSA) is 113 Å². The molecule has 18 heavy (non-hydrogen) atoms. The molecule has 0 bridgehead atoms. The molecule has 8 heteroatoms. The molecule has 0 fully saturated rings. The van der Waals surface area contributed by atoms with Gasteiger partial charge < -0.3 is 21.7 Å². The van der Waals surface area contributed by atoms with Crippen LogP contribution in [0, 0.1) is 0 Å². The van der Waals surface area contributed by atoms with Crippen LogP contribution >= 0.6 is 12.2 Å². The molecule has 0 heterocycles. The van der Waals surface area contributed by atoms with Gasteiger partial charge in [-0.1, -0.05) is 12.2 Å². The number of hydrogen-bond acceptors (Lipinski definition) is 4. The van der Waals surface area contributed by atoms with Crippen LogP contribution in [0.15, 0.2) is 0 Å². The minimum absolute atomic E-state index is 0.0323. The monoisotopic (exact) mass is 274 g/mol. The molecule has 3 amide bonds. The van der Waals surface area contributed by atoms with Crippen molar-refractivity contribution in [3.63, 3.8) is 0 Å². The molecule has 7 nitrogen and oxygen atoms in total. The fourth-order valence-corrected chi connectivity index (χ4v) is 1.08. The fraction of sp³-hybridized carbons (Fsp3) is 0.600. The van der Waals surface area contributed by atoms with Gasteiger partial charge in [-0.25, -0.2) is 0 Å². The highest BCUT2D eigenvalue weighted by Gasteiger charge is 2.13. The van der Waals surface area contributed by atoms with Gasteiger partial charge in [0.05, 0.1) is 11.5 Å². The fourth-order valence-electron chi connectivity index (χ4n) is 1.01. The van der Waals surface area contributed by atoms with Gasteiger partial charge in [-0.2, -0.15) is 0 Å². The minimum atomic E-state index is -0.827. The zero-order valence-corrected chi connectivity index (χ0v) is 11.2. The van der Waals surface area contributed by atoms with Crippen molar-refractivity contribution in [1.29, 1.82) is 0 Å². The summed E-state index contributed by atoms with van der Waals surface area (Å²) in [5, 5.41) is 7.21. The number of amides is 3. The summed E-state index contributed by atoms with van der Waals surface area (Å²) in [6, 6.07) is 0.0436. The van der Waals surface area contributed by atoms with Crippen LogP contribution in [0.1, 0.15) is 20.3 Å². The molecule has 0 aliphatic heterocycles. The van der Waals surface area contributed by atoms with Crippen molar-refractivity contribution in [3.8, 4) is 0 Å². The zero-order valence-electron chi connectivity index (χ0n) is 10.4. The first-order valence-corrected chi connectivity index (χ1v) is 5.87. The van der Waals surface area contributed by atoms with Crippen LogP contribution in [0.3, 0.4) is 0 Å². The molecule has 0 rings (SSSR count). The van der Waals surface area contributed by atoms with Crippen LogP contribution in [-0.4, -0.2) is 41.8 Å². The van der Waals surface area contributed by atoms with E-state index in [1.807, 2.05) is 13.8 Å². The predicted molar refractivity (Wildman–Crippen MR) is 70.7 cm³/mol. The third kappa shape index (κ3) is 8.45. The summed E-state index contributed by atoms with van der Waals surface area (Å²) in [6.45, 7) is 3.73. The van der Waals surface area contributed by atoms with Crippen molar-refractivity contribution in [2.24, 2.45) is 5.73 Å². The summed E-state index contributed by atoms with van der Waals surface area (Å²) in [5.74, 6) is -1.83. The van der Waals surface area contributed by atoms with E-state index in [2.05, 4.69) is 28.2 Å². The van der Waals surface area contributed by atoms with Crippen molar-refractivity contribution >= 4 is 34.9 Å². The van der Waals surface area contributed by atoms with Crippen LogP contribution in [0.2, 0.25) is 0 Å². The molecule has 0 aromatic rings. The molecule has 0 saturated heterocycles. The molecule has 0 atom stereocenters. The number of carbonyl (C=O) groups is 3. The predicted octanol–water partition coefficient (Wildman–Crippen LogP) is -1.58. The zero-order chi connectivity index (χ0) is 14.1. The van der Waals surface area contributed by atoms with E-state index in [9.17, 15) is 14.4 Å². The van der Waals surface area contributed by atoms with E-state index in [0.717, 1.165) is 0 Å². The Balaban J connectivity index is 3.79. The van der Waals surface area contributed by atoms with E-state index < -0.39 is 11.8 Å². The maximum atomic E-state index is 11.2. The Labute approximate surface area is 111 Å². The van der Waals surface area contributed by atoms with Crippen molar-refractivity contribution < 1.29 is 14.4 Å². The number of rotatable bonds is 6. The molecular formula is C10H18N4O3S. The van der Waals surface area contributed by atoms with Gasteiger partial charge in [-0.3, -0.25) is 14.4 Å². The second kappa shape index (κ2) is 8.40. The molecule has 102 valence electrons. The molecule has 0 saturated carbocycles. The second-order valence-electron chi connectivity index (χ2n) is 3.88. The van der Waals surface area contributed by atoms with Crippen molar-refractivity contribution in [2.75, 3.05) is 13.1 Å². The molecule has 0 aromatic heterocycles. The first-order chi connectivity index (χ1) is 8.32. The van der Waals surface area contributed by atoms with Crippen molar-refractivity contribution in [1.82, 2.24) is 16.0 Å². The SMILES string of the molecule is CC(C)NC(=O)CCNC(=O)C(=O)NCC(N)=S. The van der Waals surface area contributed by atoms with Gasteiger partial charge in [-0.15, -0.1) is 0 Å². The highest BCUT2D eigenvalue weighted by molar-refractivity contribution is 7.80. The molecule has 0 aromatic carbocycles. The van der Waals surface area contributed by atoms with Gasteiger partial charge >= 0.3 is 11.8 Å². The van der Waals surface area contributed by atoms with E-state index in [-0.39, 0.29) is 36.4 Å². The summed E-state index contributed by atoms with van der Waals surface area (Å²) in [4.78, 5) is 33.7. The first kappa shape index (κ1) is 16.3. The summed E-state index contributed by atoms with van der Waals surface area (Å²) in [7, 11) is 0. The lowest BCUT2D eigenvalue weighted by Crippen LogP contribution is -2.43. The van der Waals surface area contributed by atoms with E-state index in [4.69, 9.17) is 5.73 Å². The van der Waals surface area contributed by atoms with Gasteiger partial charge in [0, 0.05) is 19.0 Å².